The summed E-state index contributed by atoms with van der Waals surface area (Å²) in [5.41, 5.74) is 3.65. The molecule has 0 spiro atoms. The monoisotopic (exact) mass is 419 g/mol. The molecule has 0 fully saturated rings. The Kier molecular flexibility index (Phi) is 5.77. The van der Waals surface area contributed by atoms with E-state index in [4.69, 9.17) is 21.1 Å². The van der Waals surface area contributed by atoms with Gasteiger partial charge in [0, 0.05) is 16.3 Å². The van der Waals surface area contributed by atoms with E-state index in [2.05, 4.69) is 5.32 Å². The zero-order valence-electron chi connectivity index (χ0n) is 16.8. The lowest BCUT2D eigenvalue weighted by Crippen LogP contribution is -2.24. The maximum atomic E-state index is 12.8. The van der Waals surface area contributed by atoms with Gasteiger partial charge in [-0.3, -0.25) is 4.79 Å². The number of hydrogen-bond donors (Lipinski definition) is 1. The lowest BCUT2D eigenvalue weighted by molar-refractivity contribution is -0.138. The quantitative estimate of drug-likeness (QED) is 0.496. The SMILES string of the molecule is COc1ccc(NC(c2ccccc2)C2C=C(c3ccc(C)c(Cl)c3)OC2=O)cc1. The molecule has 1 aliphatic rings. The first-order chi connectivity index (χ1) is 14.5. The maximum Gasteiger partial charge on any atom is 0.320 e. The van der Waals surface area contributed by atoms with E-state index in [1.54, 1.807) is 7.11 Å². The Morgan fingerprint density at radius 1 is 1.03 bits per heavy atom. The number of rotatable bonds is 6. The Hall–Kier alpha value is -3.24. The minimum atomic E-state index is -0.482. The van der Waals surface area contributed by atoms with Crippen LogP contribution >= 0.6 is 11.6 Å². The molecular formula is C25H22ClNO3. The van der Waals surface area contributed by atoms with Gasteiger partial charge < -0.3 is 14.8 Å². The highest BCUT2D eigenvalue weighted by atomic mass is 35.5. The molecule has 0 radical (unpaired) electrons. The average Bonchev–Trinajstić information content (AvgIpc) is 3.16. The number of hydrogen-bond acceptors (Lipinski definition) is 4. The summed E-state index contributed by atoms with van der Waals surface area (Å²) < 4.78 is 10.9. The molecule has 0 aromatic heterocycles. The molecule has 0 bridgehead atoms. The highest BCUT2D eigenvalue weighted by molar-refractivity contribution is 6.31. The highest BCUT2D eigenvalue weighted by Gasteiger charge is 2.35. The van der Waals surface area contributed by atoms with Gasteiger partial charge in [-0.05, 0) is 54.5 Å². The van der Waals surface area contributed by atoms with Crippen molar-refractivity contribution in [2.24, 2.45) is 5.92 Å². The van der Waals surface area contributed by atoms with Gasteiger partial charge in [0.2, 0.25) is 0 Å². The smallest absolute Gasteiger partial charge is 0.320 e. The van der Waals surface area contributed by atoms with E-state index in [-0.39, 0.29) is 12.0 Å². The summed E-state index contributed by atoms with van der Waals surface area (Å²) in [6.07, 6.45) is 1.87. The molecule has 0 aliphatic carbocycles. The molecular weight excluding hydrogens is 398 g/mol. The van der Waals surface area contributed by atoms with E-state index in [9.17, 15) is 4.79 Å². The molecule has 4 rings (SSSR count). The zero-order chi connectivity index (χ0) is 21.1. The number of carbonyl (C=O) groups is 1. The van der Waals surface area contributed by atoms with Crippen LogP contribution in [0.15, 0.2) is 78.9 Å². The van der Waals surface area contributed by atoms with Crippen LogP contribution in [0.3, 0.4) is 0 Å². The summed E-state index contributed by atoms with van der Waals surface area (Å²) in [4.78, 5) is 12.8. The van der Waals surface area contributed by atoms with Crippen molar-refractivity contribution in [3.05, 3.63) is 101 Å². The van der Waals surface area contributed by atoms with Crippen molar-refractivity contribution in [1.29, 1.82) is 0 Å². The highest BCUT2D eigenvalue weighted by Crippen LogP contribution is 2.37. The third-order valence-electron chi connectivity index (χ3n) is 5.20. The van der Waals surface area contributed by atoms with Gasteiger partial charge in [0.25, 0.3) is 0 Å². The van der Waals surface area contributed by atoms with E-state index < -0.39 is 5.92 Å². The minimum absolute atomic E-state index is 0.287. The number of carbonyl (C=O) groups excluding carboxylic acids is 1. The number of ether oxygens (including phenoxy) is 2. The largest absolute Gasteiger partial charge is 0.497 e. The van der Waals surface area contributed by atoms with Crippen LogP contribution in [0.1, 0.15) is 22.7 Å². The van der Waals surface area contributed by atoms with Crippen LogP contribution in [0.2, 0.25) is 5.02 Å². The number of esters is 1. The van der Waals surface area contributed by atoms with Gasteiger partial charge >= 0.3 is 5.97 Å². The Morgan fingerprint density at radius 3 is 2.43 bits per heavy atom. The Balaban J connectivity index is 1.67. The van der Waals surface area contributed by atoms with E-state index >= 15 is 0 Å². The van der Waals surface area contributed by atoms with Gasteiger partial charge in [-0.15, -0.1) is 0 Å². The second-order valence-corrected chi connectivity index (χ2v) is 7.61. The van der Waals surface area contributed by atoms with Crippen LogP contribution in [0.5, 0.6) is 5.75 Å². The standard InChI is InChI=1S/C25H22ClNO3/c1-16-8-9-18(14-22(16)26)23-15-21(25(28)30-23)24(17-6-4-3-5-7-17)27-19-10-12-20(29-2)13-11-19/h3-15,21,24,27H,1-2H3. The normalized spacial score (nSPS) is 16.6. The number of cyclic esters (lactones) is 1. The predicted octanol–water partition coefficient (Wildman–Crippen LogP) is 6.02. The Morgan fingerprint density at radius 2 is 1.77 bits per heavy atom. The molecule has 1 aliphatic heterocycles. The van der Waals surface area contributed by atoms with Gasteiger partial charge in [0.1, 0.15) is 17.4 Å². The first-order valence-electron chi connectivity index (χ1n) is 9.71. The Bertz CT molecular complexity index is 1080. The minimum Gasteiger partial charge on any atom is -0.497 e. The molecule has 2 atom stereocenters. The second kappa shape index (κ2) is 8.64. The number of aryl methyl sites for hydroxylation is 1. The molecule has 3 aromatic rings. The molecule has 0 amide bonds. The van der Waals surface area contributed by atoms with Crippen molar-refractivity contribution in [3.8, 4) is 5.75 Å². The maximum absolute atomic E-state index is 12.8. The topological polar surface area (TPSA) is 47.6 Å². The molecule has 2 unspecified atom stereocenters. The van der Waals surface area contributed by atoms with Crippen molar-refractivity contribution in [2.45, 2.75) is 13.0 Å². The second-order valence-electron chi connectivity index (χ2n) is 7.20. The lowest BCUT2D eigenvalue weighted by Gasteiger charge is -2.23. The van der Waals surface area contributed by atoms with Crippen LogP contribution in [0.25, 0.3) is 5.76 Å². The van der Waals surface area contributed by atoms with Gasteiger partial charge in [-0.2, -0.15) is 0 Å². The first-order valence-corrected chi connectivity index (χ1v) is 10.1. The first kappa shape index (κ1) is 20.0. The number of benzene rings is 3. The Labute approximate surface area is 181 Å². The number of methoxy groups -OCH3 is 1. The van der Waals surface area contributed by atoms with Gasteiger partial charge in [-0.1, -0.05) is 54.1 Å². The lowest BCUT2D eigenvalue weighted by atomic mass is 9.92. The number of halogens is 1. The van der Waals surface area contributed by atoms with Crippen LogP contribution in [0, 0.1) is 12.8 Å². The van der Waals surface area contributed by atoms with E-state index in [0.29, 0.717) is 10.8 Å². The molecule has 0 saturated heterocycles. The van der Waals surface area contributed by atoms with Gasteiger partial charge in [-0.25, -0.2) is 0 Å². The number of nitrogens with one attached hydrogen (secondary N) is 1. The molecule has 152 valence electrons. The molecule has 3 aromatic carbocycles. The van der Waals surface area contributed by atoms with Crippen molar-refractivity contribution in [2.75, 3.05) is 12.4 Å². The summed E-state index contributed by atoms with van der Waals surface area (Å²) in [6.45, 7) is 1.94. The predicted molar refractivity (Wildman–Crippen MR) is 120 cm³/mol. The fourth-order valence-corrected chi connectivity index (χ4v) is 3.66. The van der Waals surface area contributed by atoms with Crippen molar-refractivity contribution in [3.63, 3.8) is 0 Å². The molecule has 0 saturated carbocycles. The van der Waals surface area contributed by atoms with Crippen LogP contribution < -0.4 is 10.1 Å². The molecule has 1 N–H and O–H groups in total. The fraction of sp³-hybridized carbons (Fsp3) is 0.160. The third kappa shape index (κ3) is 4.19. The van der Waals surface area contributed by atoms with Crippen molar-refractivity contribution >= 4 is 29.0 Å². The third-order valence-corrected chi connectivity index (χ3v) is 5.61. The molecule has 5 heteroatoms. The van der Waals surface area contributed by atoms with Crippen molar-refractivity contribution in [1.82, 2.24) is 0 Å². The fourth-order valence-electron chi connectivity index (χ4n) is 3.48. The summed E-state index contributed by atoms with van der Waals surface area (Å²) in [5, 5.41) is 4.13. The summed E-state index contributed by atoms with van der Waals surface area (Å²) in [6, 6.07) is 22.9. The van der Waals surface area contributed by atoms with Crippen LogP contribution in [0.4, 0.5) is 5.69 Å². The summed E-state index contributed by atoms with van der Waals surface area (Å²) >= 11 is 6.27. The number of anilines is 1. The van der Waals surface area contributed by atoms with Crippen LogP contribution in [-0.2, 0) is 9.53 Å². The average molecular weight is 420 g/mol. The molecule has 1 heterocycles. The van der Waals surface area contributed by atoms with Gasteiger partial charge in [0.15, 0.2) is 0 Å². The van der Waals surface area contributed by atoms with E-state index in [0.717, 1.165) is 28.1 Å². The van der Waals surface area contributed by atoms with E-state index in [1.807, 2.05) is 85.8 Å². The van der Waals surface area contributed by atoms with Gasteiger partial charge in [0.05, 0.1) is 13.2 Å². The van der Waals surface area contributed by atoms with Crippen LogP contribution in [-0.4, -0.2) is 13.1 Å². The van der Waals surface area contributed by atoms with E-state index in [1.165, 1.54) is 0 Å². The zero-order valence-corrected chi connectivity index (χ0v) is 17.5. The molecule has 30 heavy (non-hydrogen) atoms. The summed E-state index contributed by atoms with van der Waals surface area (Å²) in [7, 11) is 1.63. The molecule has 4 nitrogen and oxygen atoms in total. The van der Waals surface area contributed by atoms with Crippen molar-refractivity contribution < 1.29 is 14.3 Å². The summed E-state index contributed by atoms with van der Waals surface area (Å²) in [5.74, 6) is 0.529.